The molecular weight excluding hydrogens is 607 g/mol. The van der Waals surface area contributed by atoms with Crippen LogP contribution in [0.1, 0.15) is 53.8 Å². The lowest BCUT2D eigenvalue weighted by Gasteiger charge is -2.46. The van der Waals surface area contributed by atoms with E-state index in [1.54, 1.807) is 42.3 Å². The maximum atomic E-state index is 14.6. The highest BCUT2D eigenvalue weighted by Crippen LogP contribution is 2.52. The van der Waals surface area contributed by atoms with Crippen molar-refractivity contribution in [3.05, 3.63) is 94.4 Å². The van der Waals surface area contributed by atoms with Gasteiger partial charge in [0.25, 0.3) is 10.0 Å². The van der Waals surface area contributed by atoms with E-state index in [1.807, 2.05) is 6.08 Å². The highest BCUT2D eigenvalue weighted by atomic mass is 35.5. The molecule has 2 fully saturated rings. The Bertz CT molecular complexity index is 1920. The summed E-state index contributed by atoms with van der Waals surface area (Å²) >= 11 is 6.28. The summed E-state index contributed by atoms with van der Waals surface area (Å²) in [4.78, 5) is 18.9. The van der Waals surface area contributed by atoms with Crippen molar-refractivity contribution in [1.29, 1.82) is 0 Å². The van der Waals surface area contributed by atoms with Crippen molar-refractivity contribution in [2.24, 2.45) is 12.5 Å². The van der Waals surface area contributed by atoms with E-state index < -0.39 is 27.1 Å². The third-order valence-corrected chi connectivity index (χ3v) is 11.1. The van der Waals surface area contributed by atoms with Gasteiger partial charge < -0.3 is 5.11 Å². The van der Waals surface area contributed by atoms with E-state index in [-0.39, 0.29) is 41.7 Å². The van der Waals surface area contributed by atoms with Crippen LogP contribution in [0.3, 0.4) is 0 Å². The van der Waals surface area contributed by atoms with Crippen LogP contribution in [0, 0.1) is 11.2 Å². The van der Waals surface area contributed by atoms with Crippen LogP contribution in [0.4, 0.5) is 4.39 Å². The maximum absolute atomic E-state index is 14.6. The molecule has 0 amide bonds. The number of nitrogens with zero attached hydrogens (tertiary/aromatic N) is 6. The lowest BCUT2D eigenvalue weighted by molar-refractivity contribution is 0.0664. The molecule has 2 saturated carbocycles. The SMILES string of the molecule is Cn1ccc(S(=O)(=O)N(CC2(O)CC2)[C@H]2CCC3=Cc4c(cnn4-c4ccc(F)cc4)C[C@]3(C(=O)c3cc(Cl)ccn3)C2)n1. The summed E-state index contributed by atoms with van der Waals surface area (Å²) in [7, 11) is -2.46. The second-order valence-electron chi connectivity index (χ2n) is 12.1. The average molecular weight is 637 g/mol. The zero-order valence-electron chi connectivity index (χ0n) is 23.9. The van der Waals surface area contributed by atoms with Crippen LogP contribution in [0.2, 0.25) is 5.02 Å². The lowest BCUT2D eigenvalue weighted by atomic mass is 9.60. The molecule has 0 bridgehead atoms. The molecule has 2 atom stereocenters. The number of halogens is 2. The molecule has 228 valence electrons. The van der Waals surface area contributed by atoms with Crippen LogP contribution < -0.4 is 0 Å². The third kappa shape index (κ3) is 4.99. The van der Waals surface area contributed by atoms with Gasteiger partial charge in [-0.1, -0.05) is 17.2 Å². The van der Waals surface area contributed by atoms with E-state index in [0.29, 0.717) is 36.4 Å². The number of allylic oxidation sites excluding steroid dienone is 1. The molecule has 3 aliphatic rings. The monoisotopic (exact) mass is 636 g/mol. The second-order valence-corrected chi connectivity index (χ2v) is 14.3. The Labute approximate surface area is 258 Å². The fraction of sp³-hybridized carbons (Fsp3) is 0.355. The van der Waals surface area contributed by atoms with Gasteiger partial charge in [-0.2, -0.15) is 14.5 Å². The fourth-order valence-corrected chi connectivity index (χ4v) is 8.39. The number of aliphatic hydroxyl groups is 1. The molecule has 44 heavy (non-hydrogen) atoms. The number of carbonyl (C=O) groups excluding carboxylic acids is 1. The number of hydrogen-bond acceptors (Lipinski definition) is 7. The number of pyridine rings is 1. The van der Waals surface area contributed by atoms with E-state index in [4.69, 9.17) is 11.6 Å². The minimum absolute atomic E-state index is 0.0803. The Hall–Kier alpha value is -3.71. The summed E-state index contributed by atoms with van der Waals surface area (Å²) in [6.07, 6.45) is 9.01. The molecule has 10 nitrogen and oxygen atoms in total. The lowest BCUT2D eigenvalue weighted by Crippen LogP contribution is -2.52. The van der Waals surface area contributed by atoms with Gasteiger partial charge in [-0.3, -0.25) is 14.5 Å². The molecule has 3 aliphatic carbocycles. The summed E-state index contributed by atoms with van der Waals surface area (Å²) in [5, 5.41) is 20.0. The van der Waals surface area contributed by atoms with Crippen molar-refractivity contribution in [3.8, 4) is 5.69 Å². The Kier molecular flexibility index (Phi) is 6.89. The van der Waals surface area contributed by atoms with Gasteiger partial charge in [0.2, 0.25) is 0 Å². The number of aryl methyl sites for hydroxylation is 1. The quantitative estimate of drug-likeness (QED) is 0.285. The number of ketones is 1. The van der Waals surface area contributed by atoms with Crippen molar-refractivity contribution >= 4 is 33.5 Å². The largest absolute Gasteiger partial charge is 0.389 e. The molecule has 3 heterocycles. The zero-order valence-corrected chi connectivity index (χ0v) is 25.5. The van der Waals surface area contributed by atoms with Gasteiger partial charge in [-0.25, -0.2) is 17.5 Å². The smallest absolute Gasteiger partial charge is 0.262 e. The van der Waals surface area contributed by atoms with Crippen LogP contribution in [0.15, 0.2) is 71.7 Å². The number of sulfonamides is 1. The van der Waals surface area contributed by atoms with Gasteiger partial charge in [0.15, 0.2) is 10.8 Å². The van der Waals surface area contributed by atoms with Crippen molar-refractivity contribution < 1.29 is 22.7 Å². The number of rotatable bonds is 8. The predicted molar refractivity (Wildman–Crippen MR) is 160 cm³/mol. The predicted octanol–water partition coefficient (Wildman–Crippen LogP) is 4.37. The van der Waals surface area contributed by atoms with Gasteiger partial charge in [-0.05, 0) is 92.6 Å². The van der Waals surface area contributed by atoms with Crippen LogP contribution in [0.5, 0.6) is 0 Å². The fourth-order valence-electron chi connectivity index (χ4n) is 6.55. The number of Topliss-reactive ketones (excluding diaryl/α,β-unsaturated/α-hetero) is 1. The third-order valence-electron chi connectivity index (χ3n) is 9.04. The highest BCUT2D eigenvalue weighted by molar-refractivity contribution is 7.89. The molecule has 0 spiro atoms. The number of hydrogen-bond donors (Lipinski definition) is 1. The topological polar surface area (TPSA) is 123 Å². The molecule has 0 aliphatic heterocycles. The summed E-state index contributed by atoms with van der Waals surface area (Å²) in [6.45, 7) is -0.0803. The molecule has 1 aromatic carbocycles. The van der Waals surface area contributed by atoms with Crippen molar-refractivity contribution in [2.45, 2.75) is 55.2 Å². The molecular formula is C31H30ClFN6O4S. The number of aromatic nitrogens is 5. The first-order chi connectivity index (χ1) is 21.0. The first-order valence-electron chi connectivity index (χ1n) is 14.4. The van der Waals surface area contributed by atoms with Crippen molar-refractivity contribution in [3.63, 3.8) is 0 Å². The molecule has 4 aromatic rings. The van der Waals surface area contributed by atoms with E-state index >= 15 is 0 Å². The Morgan fingerprint density at radius 3 is 2.66 bits per heavy atom. The Balaban J connectivity index is 1.33. The van der Waals surface area contributed by atoms with Crippen molar-refractivity contribution in [2.75, 3.05) is 6.54 Å². The van der Waals surface area contributed by atoms with Gasteiger partial charge in [0.05, 0.1) is 28.6 Å². The first-order valence-corrected chi connectivity index (χ1v) is 16.2. The summed E-state index contributed by atoms with van der Waals surface area (Å²) < 4.78 is 46.3. The van der Waals surface area contributed by atoms with Gasteiger partial charge in [0, 0.05) is 37.1 Å². The highest BCUT2D eigenvalue weighted by Gasteiger charge is 2.54. The van der Waals surface area contributed by atoms with Gasteiger partial charge in [-0.15, -0.1) is 0 Å². The minimum Gasteiger partial charge on any atom is -0.389 e. The number of benzene rings is 1. The molecule has 0 radical (unpaired) electrons. The molecule has 1 N–H and O–H groups in total. The molecule has 0 unspecified atom stereocenters. The Morgan fingerprint density at radius 2 is 1.98 bits per heavy atom. The van der Waals surface area contributed by atoms with E-state index in [2.05, 4.69) is 15.2 Å². The summed E-state index contributed by atoms with van der Waals surface area (Å²) in [5.74, 6) is -0.609. The van der Waals surface area contributed by atoms with E-state index in [1.165, 1.54) is 39.4 Å². The van der Waals surface area contributed by atoms with Gasteiger partial charge in [0.1, 0.15) is 11.5 Å². The number of carbonyl (C=O) groups is 1. The zero-order chi connectivity index (χ0) is 30.9. The standard InChI is InChI=1S/C31H30ClFN6O4S/c1-37-13-9-28(36-37)44(42,43)38(19-30(41)10-11-30)25-5-2-21-14-27-20(18-35-39(27)24-6-3-23(33)4-7-24)16-31(21,17-25)29(40)26-15-22(32)8-12-34-26/h3-4,6-9,12-15,18,25,41H,2,5,10-11,16-17,19H2,1H3/t25-,31-/m0/s1. The van der Waals surface area contributed by atoms with E-state index in [9.17, 15) is 22.7 Å². The normalized spacial score (nSPS) is 22.3. The Morgan fingerprint density at radius 1 is 1.20 bits per heavy atom. The average Bonchev–Trinajstić information content (AvgIpc) is 3.35. The second kappa shape index (κ2) is 10.4. The van der Waals surface area contributed by atoms with Crippen LogP contribution in [0.25, 0.3) is 11.8 Å². The van der Waals surface area contributed by atoms with Crippen LogP contribution >= 0.6 is 11.6 Å². The number of fused-ring (bicyclic) bond motifs is 2. The van der Waals surface area contributed by atoms with Crippen LogP contribution in [-0.4, -0.2) is 66.3 Å². The summed E-state index contributed by atoms with van der Waals surface area (Å²) in [5.41, 5.74) is 1.06. The first kappa shape index (κ1) is 29.0. The molecule has 3 aromatic heterocycles. The maximum Gasteiger partial charge on any atom is 0.262 e. The molecule has 7 rings (SSSR count). The van der Waals surface area contributed by atoms with E-state index in [0.717, 1.165) is 16.8 Å². The summed E-state index contributed by atoms with van der Waals surface area (Å²) in [6, 6.07) is 10.0. The molecule has 0 saturated heterocycles. The van der Waals surface area contributed by atoms with Gasteiger partial charge >= 0.3 is 0 Å². The molecule has 13 heteroatoms. The van der Waals surface area contributed by atoms with Crippen LogP contribution in [-0.2, 0) is 23.5 Å². The minimum atomic E-state index is -4.10. The van der Waals surface area contributed by atoms with Crippen molar-refractivity contribution in [1.82, 2.24) is 28.9 Å².